The average molecular weight is 414 g/mol. The summed E-state index contributed by atoms with van der Waals surface area (Å²) < 4.78 is 44.6. The number of nitrogens with zero attached hydrogens (tertiary/aromatic N) is 2. The lowest BCUT2D eigenvalue weighted by Gasteiger charge is -2.41. The van der Waals surface area contributed by atoms with Crippen LogP contribution in [0.5, 0.6) is 0 Å². The number of rotatable bonds is 8. The Balaban J connectivity index is 1.55. The minimum absolute atomic E-state index is 0.0149. The molecule has 1 unspecified atom stereocenters. The summed E-state index contributed by atoms with van der Waals surface area (Å²) in [5, 5.41) is 22.7. The number of hydrogen-bond acceptors (Lipinski definition) is 7. The van der Waals surface area contributed by atoms with E-state index >= 15 is 0 Å². The molecule has 1 aromatic rings. The maximum atomic E-state index is 13.1. The Hall–Kier alpha value is -2.01. The smallest absolute Gasteiger partial charge is 0.433 e. The number of halogens is 3. The van der Waals surface area contributed by atoms with Gasteiger partial charge in [0.15, 0.2) is 5.78 Å². The van der Waals surface area contributed by atoms with Crippen LogP contribution in [-0.4, -0.2) is 52.3 Å². The van der Waals surface area contributed by atoms with Crippen LogP contribution in [0.25, 0.3) is 0 Å². The van der Waals surface area contributed by atoms with Crippen LogP contribution in [0, 0.1) is 11.8 Å². The Morgan fingerprint density at radius 2 is 1.93 bits per heavy atom. The number of ketones is 1. The van der Waals surface area contributed by atoms with E-state index in [9.17, 15) is 28.2 Å². The predicted molar refractivity (Wildman–Crippen MR) is 92.3 cm³/mol. The number of ether oxygens (including phenoxy) is 1. The quantitative estimate of drug-likeness (QED) is 0.498. The number of fused-ring (bicyclic) bond motifs is 1. The molecule has 1 atom stereocenters. The van der Waals surface area contributed by atoms with Gasteiger partial charge in [0, 0.05) is 30.5 Å². The van der Waals surface area contributed by atoms with E-state index in [1.165, 1.54) is 0 Å². The lowest BCUT2D eigenvalue weighted by atomic mass is 9.63. The molecule has 0 radical (unpaired) electrons. The van der Waals surface area contributed by atoms with Gasteiger partial charge < -0.3 is 14.9 Å². The molecule has 2 bridgehead atoms. The molecule has 1 saturated carbocycles. The first-order chi connectivity index (χ1) is 13.8. The van der Waals surface area contributed by atoms with E-state index in [0.29, 0.717) is 12.8 Å². The van der Waals surface area contributed by atoms with Crippen LogP contribution in [0.15, 0.2) is 23.5 Å². The zero-order valence-electron chi connectivity index (χ0n) is 15.5. The Labute approximate surface area is 164 Å². The monoisotopic (exact) mass is 414 g/mol. The summed E-state index contributed by atoms with van der Waals surface area (Å²) in [6, 6.07) is 1.83. The van der Waals surface area contributed by atoms with Gasteiger partial charge in [0.2, 0.25) is 0 Å². The number of hydroxylamine groups is 2. The molecule has 29 heavy (non-hydrogen) atoms. The Bertz CT molecular complexity index is 832. The molecule has 7 nitrogen and oxygen atoms in total. The number of allylic oxidation sites excluding steroid dienone is 1. The fourth-order valence-corrected chi connectivity index (χ4v) is 3.65. The van der Waals surface area contributed by atoms with Gasteiger partial charge in [-0.15, -0.1) is 0 Å². The summed E-state index contributed by atoms with van der Waals surface area (Å²) in [6.45, 7) is 1.74. The fourth-order valence-electron chi connectivity index (χ4n) is 3.65. The topological polar surface area (TPSA) is 91.9 Å². The average Bonchev–Trinajstić information content (AvgIpc) is 3.43. The first kappa shape index (κ1) is 20.3. The van der Waals surface area contributed by atoms with E-state index in [-0.39, 0.29) is 60.0 Å². The summed E-state index contributed by atoms with van der Waals surface area (Å²) in [5.41, 5.74) is -1.39. The van der Waals surface area contributed by atoms with Crippen molar-refractivity contribution < 1.29 is 37.8 Å². The summed E-state index contributed by atoms with van der Waals surface area (Å²) in [7, 11) is 0. The first-order valence-corrected chi connectivity index (χ1v) is 9.43. The third-order valence-corrected chi connectivity index (χ3v) is 5.45. The highest BCUT2D eigenvalue weighted by atomic mass is 19.4. The van der Waals surface area contributed by atoms with Gasteiger partial charge >= 0.3 is 6.18 Å². The molecule has 4 aliphatic rings. The van der Waals surface area contributed by atoms with Crippen molar-refractivity contribution in [1.29, 1.82) is 0 Å². The second-order valence-corrected chi connectivity index (χ2v) is 7.48. The second-order valence-electron chi connectivity index (χ2n) is 7.48. The van der Waals surface area contributed by atoms with Gasteiger partial charge in [-0.2, -0.15) is 18.2 Å². The zero-order valence-corrected chi connectivity index (χ0v) is 15.5. The van der Waals surface area contributed by atoms with Crippen molar-refractivity contribution in [1.82, 2.24) is 10.0 Å². The van der Waals surface area contributed by atoms with Crippen LogP contribution < -0.4 is 0 Å². The Morgan fingerprint density at radius 3 is 2.55 bits per heavy atom. The Kier molecular flexibility index (Phi) is 5.36. The van der Waals surface area contributed by atoms with Crippen molar-refractivity contribution in [3.63, 3.8) is 0 Å². The van der Waals surface area contributed by atoms with E-state index in [1.807, 2.05) is 0 Å². The number of carbonyl (C=O) groups excluding carboxylic acids is 1. The molecule has 0 amide bonds. The predicted octanol–water partition coefficient (Wildman–Crippen LogP) is 2.32. The number of pyridine rings is 1. The van der Waals surface area contributed by atoms with Gasteiger partial charge in [-0.05, 0) is 18.9 Å². The second kappa shape index (κ2) is 7.67. The van der Waals surface area contributed by atoms with Gasteiger partial charge in [0.25, 0.3) is 0 Å². The summed E-state index contributed by atoms with van der Waals surface area (Å²) >= 11 is 0. The molecule has 2 fully saturated rings. The molecule has 1 aromatic heterocycles. The maximum Gasteiger partial charge on any atom is 0.433 e. The van der Waals surface area contributed by atoms with Gasteiger partial charge in [-0.1, -0.05) is 6.07 Å². The van der Waals surface area contributed by atoms with E-state index in [0.717, 1.165) is 25.2 Å². The van der Waals surface area contributed by atoms with Gasteiger partial charge in [0.05, 0.1) is 31.1 Å². The molecule has 2 heterocycles. The van der Waals surface area contributed by atoms with Crippen molar-refractivity contribution in [2.45, 2.75) is 31.7 Å². The molecule has 1 aliphatic heterocycles. The third-order valence-electron chi connectivity index (χ3n) is 5.45. The highest BCUT2D eigenvalue weighted by Gasteiger charge is 2.47. The van der Waals surface area contributed by atoms with Crippen molar-refractivity contribution in [3.05, 3.63) is 40.4 Å². The van der Waals surface area contributed by atoms with Crippen molar-refractivity contribution in [3.8, 4) is 0 Å². The zero-order chi connectivity index (χ0) is 20.8. The lowest BCUT2D eigenvalue weighted by molar-refractivity contribution is -0.141. The van der Waals surface area contributed by atoms with Crippen LogP contribution in [0.2, 0.25) is 0 Å². The molecule has 2 N–H and O–H groups in total. The maximum absolute atomic E-state index is 13.1. The number of alkyl halides is 3. The minimum atomic E-state index is -4.66. The van der Waals surface area contributed by atoms with Crippen molar-refractivity contribution in [2.75, 3.05) is 26.3 Å². The Morgan fingerprint density at radius 1 is 1.21 bits per heavy atom. The number of aliphatic hydroxyl groups is 2. The van der Waals surface area contributed by atoms with Crippen LogP contribution in [0.1, 0.15) is 35.9 Å². The number of aromatic nitrogens is 1. The largest absolute Gasteiger partial charge is 0.511 e. The number of aliphatic hydroxyl groups excluding tert-OH is 2. The molecule has 10 heteroatoms. The molecule has 0 spiro atoms. The fraction of sp³-hybridized carbons (Fsp3) is 0.579. The van der Waals surface area contributed by atoms with Crippen LogP contribution >= 0.6 is 0 Å². The SMILES string of the molecule is O=C1C(C(O)c2ccc(C(F)(F)F)nc2COCCON2CC2)=C(O)C2CC1C2. The lowest BCUT2D eigenvalue weighted by Crippen LogP contribution is -2.40. The van der Waals surface area contributed by atoms with Gasteiger partial charge in [0.1, 0.15) is 17.6 Å². The highest BCUT2D eigenvalue weighted by Crippen LogP contribution is 2.48. The minimum Gasteiger partial charge on any atom is -0.511 e. The van der Waals surface area contributed by atoms with Crippen LogP contribution in [-0.2, 0) is 27.2 Å². The van der Waals surface area contributed by atoms with E-state index in [2.05, 4.69) is 4.98 Å². The summed E-state index contributed by atoms with van der Waals surface area (Å²) in [4.78, 5) is 21.3. The van der Waals surface area contributed by atoms with Crippen molar-refractivity contribution >= 4 is 5.78 Å². The molecule has 5 rings (SSSR count). The molecule has 0 aromatic carbocycles. The highest BCUT2D eigenvalue weighted by molar-refractivity contribution is 6.01. The van der Waals surface area contributed by atoms with Crippen LogP contribution in [0.3, 0.4) is 0 Å². The number of hydrogen-bond donors (Lipinski definition) is 2. The standard InChI is InChI=1S/C19H21F3N2O5/c20-19(21,22)14-2-1-12(13(23-14)9-28-5-6-29-24-3-4-24)18(27)15-16(25)10-7-11(8-10)17(15)26/h1-2,10-11,18,25,27H,3-9H2. The van der Waals surface area contributed by atoms with Gasteiger partial charge in [-0.3, -0.25) is 9.63 Å². The third kappa shape index (κ3) is 4.16. The van der Waals surface area contributed by atoms with Crippen LogP contribution in [0.4, 0.5) is 13.2 Å². The van der Waals surface area contributed by atoms with E-state index < -0.39 is 18.0 Å². The molecule has 158 valence electrons. The number of carbonyl (C=O) groups is 1. The van der Waals surface area contributed by atoms with Crippen molar-refractivity contribution in [2.24, 2.45) is 11.8 Å². The van der Waals surface area contributed by atoms with E-state index in [4.69, 9.17) is 9.57 Å². The summed E-state index contributed by atoms with van der Waals surface area (Å²) in [5.74, 6) is -0.976. The molecule has 1 saturated heterocycles. The van der Waals surface area contributed by atoms with Gasteiger partial charge in [-0.25, -0.2) is 4.98 Å². The first-order valence-electron chi connectivity index (χ1n) is 9.43. The molecular formula is C19H21F3N2O5. The van der Waals surface area contributed by atoms with E-state index in [1.54, 1.807) is 5.06 Å². The normalized spacial score (nSPS) is 25.2. The number of Topliss-reactive ketones (excluding diaryl/α,β-unsaturated/α-hetero) is 1. The molecule has 3 aliphatic carbocycles. The summed E-state index contributed by atoms with van der Waals surface area (Å²) in [6.07, 6.45) is -5.14. The molecular weight excluding hydrogens is 393 g/mol.